The SMILES string of the molecule is Cc1n[nH]c2c(cnn2C)c1=S. The molecule has 0 amide bonds. The van der Waals surface area contributed by atoms with Crippen molar-refractivity contribution >= 4 is 23.3 Å². The lowest BCUT2D eigenvalue weighted by atomic mass is 10.3. The van der Waals surface area contributed by atoms with E-state index in [2.05, 4.69) is 15.3 Å². The van der Waals surface area contributed by atoms with Crippen LogP contribution in [0.25, 0.3) is 11.0 Å². The normalized spacial score (nSPS) is 10.8. The van der Waals surface area contributed by atoms with E-state index in [4.69, 9.17) is 12.2 Å². The van der Waals surface area contributed by atoms with Crippen molar-refractivity contribution in [1.29, 1.82) is 0 Å². The van der Waals surface area contributed by atoms with Gasteiger partial charge in [-0.1, -0.05) is 12.2 Å². The Hall–Kier alpha value is -1.23. The van der Waals surface area contributed by atoms with Crippen molar-refractivity contribution < 1.29 is 0 Å². The molecule has 1 N–H and O–H groups in total. The van der Waals surface area contributed by atoms with Gasteiger partial charge in [-0.3, -0.25) is 9.78 Å². The van der Waals surface area contributed by atoms with Crippen LogP contribution in [0.15, 0.2) is 6.20 Å². The average molecular weight is 180 g/mol. The molecule has 0 fully saturated rings. The van der Waals surface area contributed by atoms with E-state index in [0.717, 1.165) is 21.2 Å². The number of fused-ring (bicyclic) bond motifs is 1. The van der Waals surface area contributed by atoms with Gasteiger partial charge in [-0.25, -0.2) is 0 Å². The van der Waals surface area contributed by atoms with E-state index < -0.39 is 0 Å². The van der Waals surface area contributed by atoms with Crippen molar-refractivity contribution in [2.24, 2.45) is 7.05 Å². The lowest BCUT2D eigenvalue weighted by molar-refractivity contribution is 0.775. The number of hydrogen-bond acceptors (Lipinski definition) is 3. The molecule has 0 aliphatic heterocycles. The standard InChI is InChI=1S/C7H8N4S/c1-4-6(12)5-3-8-11(2)7(5)10-9-4/h3H,1-2H3,(H,10,12). The van der Waals surface area contributed by atoms with E-state index in [0.29, 0.717) is 0 Å². The van der Waals surface area contributed by atoms with E-state index in [-0.39, 0.29) is 0 Å². The molecule has 2 rings (SSSR count). The quantitative estimate of drug-likeness (QED) is 0.622. The fraction of sp³-hybridized carbons (Fsp3) is 0.286. The van der Waals surface area contributed by atoms with Gasteiger partial charge in [0, 0.05) is 7.05 Å². The Bertz CT molecular complexity index is 482. The molecule has 0 saturated heterocycles. The highest BCUT2D eigenvalue weighted by atomic mass is 32.1. The van der Waals surface area contributed by atoms with Crippen LogP contribution in [0.4, 0.5) is 0 Å². The van der Waals surface area contributed by atoms with E-state index >= 15 is 0 Å². The van der Waals surface area contributed by atoms with Crippen molar-refractivity contribution in [2.75, 3.05) is 0 Å². The Balaban J connectivity index is 3.03. The molecule has 0 saturated carbocycles. The second-order valence-electron chi connectivity index (χ2n) is 2.67. The van der Waals surface area contributed by atoms with Gasteiger partial charge in [0.1, 0.15) is 0 Å². The largest absolute Gasteiger partial charge is 0.261 e. The lowest BCUT2D eigenvalue weighted by Gasteiger charge is -1.95. The van der Waals surface area contributed by atoms with Gasteiger partial charge in [-0.05, 0) is 6.92 Å². The predicted molar refractivity (Wildman–Crippen MR) is 48.4 cm³/mol. The Labute approximate surface area is 74.2 Å². The first-order valence-electron chi connectivity index (χ1n) is 3.57. The molecule has 12 heavy (non-hydrogen) atoms. The second kappa shape index (κ2) is 2.38. The second-order valence-corrected chi connectivity index (χ2v) is 3.08. The third kappa shape index (κ3) is 0.863. The Morgan fingerprint density at radius 3 is 3.08 bits per heavy atom. The van der Waals surface area contributed by atoms with Crippen LogP contribution in [0.1, 0.15) is 5.69 Å². The van der Waals surface area contributed by atoms with Crippen LogP contribution in [-0.2, 0) is 7.05 Å². The fourth-order valence-electron chi connectivity index (χ4n) is 1.12. The van der Waals surface area contributed by atoms with E-state index in [1.54, 1.807) is 10.9 Å². The number of nitrogens with zero attached hydrogens (tertiary/aromatic N) is 3. The summed E-state index contributed by atoms with van der Waals surface area (Å²) >= 11 is 5.17. The number of aromatic amines is 1. The Kier molecular flexibility index (Phi) is 1.47. The van der Waals surface area contributed by atoms with Crippen LogP contribution in [-0.4, -0.2) is 20.0 Å². The number of H-pyrrole nitrogens is 1. The summed E-state index contributed by atoms with van der Waals surface area (Å²) in [5.41, 5.74) is 1.70. The number of hydrogen-bond donors (Lipinski definition) is 1. The summed E-state index contributed by atoms with van der Waals surface area (Å²) in [5.74, 6) is 0. The van der Waals surface area contributed by atoms with Crippen LogP contribution in [0.2, 0.25) is 0 Å². The van der Waals surface area contributed by atoms with E-state index in [1.807, 2.05) is 14.0 Å². The number of aryl methyl sites for hydroxylation is 2. The molecule has 0 bridgehead atoms. The number of rotatable bonds is 0. The minimum atomic E-state index is 0.775. The average Bonchev–Trinajstić information content (AvgIpc) is 2.41. The first kappa shape index (κ1) is 7.42. The fourth-order valence-corrected chi connectivity index (χ4v) is 1.31. The van der Waals surface area contributed by atoms with Crippen molar-refractivity contribution in [1.82, 2.24) is 20.0 Å². The highest BCUT2D eigenvalue weighted by molar-refractivity contribution is 7.71. The van der Waals surface area contributed by atoms with E-state index in [1.165, 1.54) is 0 Å². The molecule has 0 aliphatic carbocycles. The van der Waals surface area contributed by atoms with Crippen molar-refractivity contribution in [3.63, 3.8) is 0 Å². The van der Waals surface area contributed by atoms with Gasteiger partial charge >= 0.3 is 0 Å². The van der Waals surface area contributed by atoms with Gasteiger partial charge in [0.15, 0.2) is 5.65 Å². The summed E-state index contributed by atoms with van der Waals surface area (Å²) in [6.45, 7) is 1.88. The zero-order valence-corrected chi connectivity index (χ0v) is 7.64. The molecule has 0 spiro atoms. The summed E-state index contributed by atoms with van der Waals surface area (Å²) in [6.07, 6.45) is 1.75. The molecule has 4 nitrogen and oxygen atoms in total. The minimum absolute atomic E-state index is 0.775. The summed E-state index contributed by atoms with van der Waals surface area (Å²) in [5, 5.41) is 12.0. The van der Waals surface area contributed by atoms with Gasteiger partial charge in [0.2, 0.25) is 0 Å². The molecular weight excluding hydrogens is 172 g/mol. The first-order chi connectivity index (χ1) is 5.70. The predicted octanol–water partition coefficient (Wildman–Crippen LogP) is 1.33. The summed E-state index contributed by atoms with van der Waals surface area (Å²) in [7, 11) is 1.85. The maximum absolute atomic E-state index is 5.17. The van der Waals surface area contributed by atoms with E-state index in [9.17, 15) is 0 Å². The molecular formula is C7H8N4S. The molecule has 0 aromatic carbocycles. The topological polar surface area (TPSA) is 46.5 Å². The molecule has 0 atom stereocenters. The molecule has 0 unspecified atom stereocenters. The van der Waals surface area contributed by atoms with Crippen molar-refractivity contribution in [2.45, 2.75) is 6.92 Å². The zero-order valence-electron chi connectivity index (χ0n) is 6.83. The van der Waals surface area contributed by atoms with Crippen LogP contribution in [0, 0.1) is 11.4 Å². The third-order valence-corrected chi connectivity index (χ3v) is 2.36. The summed E-state index contributed by atoms with van der Waals surface area (Å²) < 4.78 is 2.49. The summed E-state index contributed by atoms with van der Waals surface area (Å²) in [6, 6.07) is 0. The number of aromatic nitrogens is 4. The maximum Gasteiger partial charge on any atom is 0.153 e. The van der Waals surface area contributed by atoms with Gasteiger partial charge in [0.25, 0.3) is 0 Å². The molecule has 62 valence electrons. The van der Waals surface area contributed by atoms with Crippen LogP contribution >= 0.6 is 12.2 Å². The van der Waals surface area contributed by atoms with Crippen LogP contribution < -0.4 is 0 Å². The van der Waals surface area contributed by atoms with Crippen molar-refractivity contribution in [3.8, 4) is 0 Å². The van der Waals surface area contributed by atoms with Crippen LogP contribution in [0.3, 0.4) is 0 Å². The molecule has 0 aliphatic rings. The Morgan fingerprint density at radius 1 is 1.58 bits per heavy atom. The highest BCUT2D eigenvalue weighted by Gasteiger charge is 2.02. The molecule has 2 heterocycles. The highest BCUT2D eigenvalue weighted by Crippen LogP contribution is 2.11. The van der Waals surface area contributed by atoms with Crippen LogP contribution in [0.5, 0.6) is 0 Å². The van der Waals surface area contributed by atoms with Gasteiger partial charge in [-0.15, -0.1) is 0 Å². The molecule has 0 radical (unpaired) electrons. The maximum atomic E-state index is 5.17. The van der Waals surface area contributed by atoms with Gasteiger partial charge < -0.3 is 0 Å². The molecule has 2 aromatic rings. The number of nitrogens with one attached hydrogen (secondary N) is 1. The van der Waals surface area contributed by atoms with Gasteiger partial charge in [0.05, 0.1) is 21.8 Å². The molecule has 2 aromatic heterocycles. The minimum Gasteiger partial charge on any atom is -0.261 e. The van der Waals surface area contributed by atoms with Gasteiger partial charge in [-0.2, -0.15) is 10.2 Å². The Morgan fingerprint density at radius 2 is 2.33 bits per heavy atom. The summed E-state index contributed by atoms with van der Waals surface area (Å²) in [4.78, 5) is 0. The van der Waals surface area contributed by atoms with Crippen molar-refractivity contribution in [3.05, 3.63) is 16.4 Å². The smallest absolute Gasteiger partial charge is 0.153 e. The monoisotopic (exact) mass is 180 g/mol. The zero-order chi connectivity index (χ0) is 8.72. The lowest BCUT2D eigenvalue weighted by Crippen LogP contribution is -1.94. The third-order valence-electron chi connectivity index (χ3n) is 1.84. The first-order valence-corrected chi connectivity index (χ1v) is 3.98. The molecule has 5 heteroatoms.